The van der Waals surface area contributed by atoms with Gasteiger partial charge in [-0.3, -0.25) is 9.59 Å². The van der Waals surface area contributed by atoms with Gasteiger partial charge in [0.25, 0.3) is 0 Å². The molecule has 2 aromatic rings. The van der Waals surface area contributed by atoms with Crippen molar-refractivity contribution in [1.29, 1.82) is 0 Å². The highest BCUT2D eigenvalue weighted by molar-refractivity contribution is 6.44. The van der Waals surface area contributed by atoms with Crippen LogP contribution in [-0.4, -0.2) is 11.8 Å². The summed E-state index contributed by atoms with van der Waals surface area (Å²) in [6.07, 6.45) is 0.931. The van der Waals surface area contributed by atoms with E-state index in [-0.39, 0.29) is 5.92 Å². The summed E-state index contributed by atoms with van der Waals surface area (Å²) in [5.41, 5.74) is 1.99. The Kier molecular flexibility index (Phi) is 6.23. The number of carbonyl (C=O) groups excluding carboxylic acids is 2. The van der Waals surface area contributed by atoms with Crippen LogP contribution in [0.15, 0.2) is 42.5 Å². The first-order valence-electron chi connectivity index (χ1n) is 7.58. The maximum atomic E-state index is 12.2. The highest BCUT2D eigenvalue weighted by atomic mass is 35.5. The Labute approximate surface area is 151 Å². The van der Waals surface area contributed by atoms with Crippen molar-refractivity contribution in [3.05, 3.63) is 58.1 Å². The van der Waals surface area contributed by atoms with Gasteiger partial charge in [-0.05, 0) is 42.2 Å². The molecule has 2 amide bonds. The van der Waals surface area contributed by atoms with Crippen molar-refractivity contribution in [3.8, 4) is 0 Å². The van der Waals surface area contributed by atoms with E-state index in [2.05, 4.69) is 24.5 Å². The van der Waals surface area contributed by atoms with E-state index in [1.807, 2.05) is 18.2 Å². The minimum atomic E-state index is -0.785. The van der Waals surface area contributed by atoms with Crippen molar-refractivity contribution in [2.24, 2.45) is 0 Å². The van der Waals surface area contributed by atoms with Crippen molar-refractivity contribution in [2.75, 3.05) is 10.6 Å². The lowest BCUT2D eigenvalue weighted by molar-refractivity contribution is -0.133. The first-order chi connectivity index (χ1) is 11.4. The molecule has 0 spiro atoms. The molecule has 24 heavy (non-hydrogen) atoms. The second-order valence-corrected chi connectivity index (χ2v) is 6.34. The molecular formula is C18H18Cl2N2O2. The summed E-state index contributed by atoms with van der Waals surface area (Å²) < 4.78 is 0. The number of anilines is 2. The third-order valence-electron chi connectivity index (χ3n) is 3.68. The zero-order chi connectivity index (χ0) is 17.7. The third kappa shape index (κ3) is 4.73. The molecule has 0 heterocycles. The summed E-state index contributed by atoms with van der Waals surface area (Å²) in [6, 6.07) is 12.0. The summed E-state index contributed by atoms with van der Waals surface area (Å²) in [7, 11) is 0. The molecule has 126 valence electrons. The number of hydrogen-bond acceptors (Lipinski definition) is 2. The highest BCUT2D eigenvalue weighted by Crippen LogP contribution is 2.26. The summed E-state index contributed by atoms with van der Waals surface area (Å²) in [5, 5.41) is 5.90. The van der Waals surface area contributed by atoms with Gasteiger partial charge in [-0.15, -0.1) is 0 Å². The predicted octanol–water partition coefficient (Wildman–Crippen LogP) is 5.08. The topological polar surface area (TPSA) is 58.2 Å². The van der Waals surface area contributed by atoms with Crippen molar-refractivity contribution in [3.63, 3.8) is 0 Å². The van der Waals surface area contributed by atoms with Crippen LogP contribution in [0, 0.1) is 0 Å². The molecule has 0 bridgehead atoms. The fourth-order valence-electron chi connectivity index (χ4n) is 2.25. The minimum Gasteiger partial charge on any atom is -0.318 e. The van der Waals surface area contributed by atoms with Crippen molar-refractivity contribution >= 4 is 46.4 Å². The van der Waals surface area contributed by atoms with Crippen LogP contribution in [-0.2, 0) is 9.59 Å². The van der Waals surface area contributed by atoms with Gasteiger partial charge >= 0.3 is 11.8 Å². The molecule has 2 rings (SSSR count). The summed E-state index contributed by atoms with van der Waals surface area (Å²) in [5.74, 6) is -1.26. The Morgan fingerprint density at radius 1 is 1.00 bits per heavy atom. The molecule has 0 radical (unpaired) electrons. The zero-order valence-electron chi connectivity index (χ0n) is 13.4. The quantitative estimate of drug-likeness (QED) is 0.742. The van der Waals surface area contributed by atoms with Gasteiger partial charge in [-0.2, -0.15) is 0 Å². The molecule has 0 aliphatic carbocycles. The Morgan fingerprint density at radius 3 is 2.21 bits per heavy atom. The molecule has 0 saturated heterocycles. The van der Waals surface area contributed by atoms with E-state index in [1.165, 1.54) is 12.1 Å². The minimum absolute atomic E-state index is 0.274. The number of halogens is 2. The number of rotatable bonds is 4. The van der Waals surface area contributed by atoms with Gasteiger partial charge < -0.3 is 10.6 Å². The molecule has 0 aromatic heterocycles. The molecule has 2 aromatic carbocycles. The molecule has 2 N–H and O–H groups in total. The lowest BCUT2D eigenvalue weighted by Gasteiger charge is -2.15. The summed E-state index contributed by atoms with van der Waals surface area (Å²) >= 11 is 11.8. The number of carbonyl (C=O) groups is 2. The van der Waals surface area contributed by atoms with Crippen LogP contribution in [0.25, 0.3) is 0 Å². The van der Waals surface area contributed by atoms with Gasteiger partial charge in [-0.1, -0.05) is 55.2 Å². The van der Waals surface area contributed by atoms with E-state index < -0.39 is 11.8 Å². The van der Waals surface area contributed by atoms with E-state index in [0.29, 0.717) is 21.4 Å². The van der Waals surface area contributed by atoms with E-state index in [9.17, 15) is 9.59 Å². The number of hydrogen-bond donors (Lipinski definition) is 2. The predicted molar refractivity (Wildman–Crippen MR) is 98.9 cm³/mol. The third-order valence-corrected chi connectivity index (χ3v) is 4.12. The molecular weight excluding hydrogens is 347 g/mol. The van der Waals surface area contributed by atoms with Crippen LogP contribution < -0.4 is 10.6 Å². The molecule has 0 saturated carbocycles. The maximum absolute atomic E-state index is 12.2. The van der Waals surface area contributed by atoms with Crippen molar-refractivity contribution in [1.82, 2.24) is 0 Å². The van der Waals surface area contributed by atoms with Gasteiger partial charge in [0.2, 0.25) is 0 Å². The van der Waals surface area contributed by atoms with Crippen LogP contribution in [0.3, 0.4) is 0 Å². The highest BCUT2D eigenvalue weighted by Gasteiger charge is 2.17. The lowest BCUT2D eigenvalue weighted by Crippen LogP contribution is -2.29. The van der Waals surface area contributed by atoms with E-state index in [4.69, 9.17) is 23.2 Å². The van der Waals surface area contributed by atoms with Gasteiger partial charge in [0.05, 0.1) is 0 Å². The smallest absolute Gasteiger partial charge is 0.314 e. The SMILES string of the molecule is CCC(C)c1ccccc1NC(=O)C(=O)Nc1cc(Cl)cc(Cl)c1. The number of benzene rings is 2. The van der Waals surface area contributed by atoms with Crippen LogP contribution in [0.2, 0.25) is 10.0 Å². The summed E-state index contributed by atoms with van der Waals surface area (Å²) in [4.78, 5) is 24.2. The van der Waals surface area contributed by atoms with Gasteiger partial charge in [0.15, 0.2) is 0 Å². The molecule has 4 nitrogen and oxygen atoms in total. The molecule has 1 atom stereocenters. The first-order valence-corrected chi connectivity index (χ1v) is 8.33. The fraction of sp³-hybridized carbons (Fsp3) is 0.222. The van der Waals surface area contributed by atoms with E-state index >= 15 is 0 Å². The largest absolute Gasteiger partial charge is 0.318 e. The van der Waals surface area contributed by atoms with Crippen molar-refractivity contribution < 1.29 is 9.59 Å². The molecule has 0 aliphatic rings. The first kappa shape index (κ1) is 18.3. The molecule has 0 aliphatic heterocycles. The van der Waals surface area contributed by atoms with Crippen LogP contribution in [0.4, 0.5) is 11.4 Å². The lowest BCUT2D eigenvalue weighted by atomic mass is 9.97. The van der Waals surface area contributed by atoms with Crippen LogP contribution in [0.5, 0.6) is 0 Å². The Bertz CT molecular complexity index is 742. The van der Waals surface area contributed by atoms with Gasteiger partial charge in [0, 0.05) is 21.4 Å². The maximum Gasteiger partial charge on any atom is 0.314 e. The monoisotopic (exact) mass is 364 g/mol. The Balaban J connectivity index is 2.11. The standard InChI is InChI=1S/C18H18Cl2N2O2/c1-3-11(2)15-6-4-5-7-16(15)22-18(24)17(23)21-14-9-12(19)8-13(20)10-14/h4-11H,3H2,1-2H3,(H,21,23)(H,22,24). The van der Waals surface area contributed by atoms with Crippen LogP contribution in [0.1, 0.15) is 31.7 Å². The Hall–Kier alpha value is -2.04. The average molecular weight is 365 g/mol. The van der Waals surface area contributed by atoms with Crippen molar-refractivity contribution in [2.45, 2.75) is 26.2 Å². The Morgan fingerprint density at radius 2 is 1.58 bits per heavy atom. The normalized spacial score (nSPS) is 11.7. The second-order valence-electron chi connectivity index (χ2n) is 5.46. The average Bonchev–Trinajstić information content (AvgIpc) is 2.53. The number of para-hydroxylation sites is 1. The fourth-order valence-corrected chi connectivity index (χ4v) is 2.78. The molecule has 1 unspecified atom stereocenters. The van der Waals surface area contributed by atoms with Crippen LogP contribution >= 0.6 is 23.2 Å². The second kappa shape index (κ2) is 8.18. The number of nitrogens with one attached hydrogen (secondary N) is 2. The van der Waals surface area contributed by atoms with E-state index in [1.54, 1.807) is 12.1 Å². The van der Waals surface area contributed by atoms with Gasteiger partial charge in [-0.25, -0.2) is 0 Å². The number of amides is 2. The summed E-state index contributed by atoms with van der Waals surface area (Å²) in [6.45, 7) is 4.14. The molecule has 6 heteroatoms. The zero-order valence-corrected chi connectivity index (χ0v) is 14.9. The molecule has 0 fully saturated rings. The van der Waals surface area contributed by atoms with E-state index in [0.717, 1.165) is 12.0 Å². The van der Waals surface area contributed by atoms with Gasteiger partial charge in [0.1, 0.15) is 0 Å².